The topological polar surface area (TPSA) is 52.6 Å². The van der Waals surface area contributed by atoms with Crippen molar-refractivity contribution in [3.8, 4) is 0 Å². The summed E-state index contributed by atoms with van der Waals surface area (Å²) in [5.41, 5.74) is 0.00551. The first-order chi connectivity index (χ1) is 8.61. The lowest BCUT2D eigenvalue weighted by Gasteiger charge is -2.13. The summed E-state index contributed by atoms with van der Waals surface area (Å²) in [7, 11) is 0. The van der Waals surface area contributed by atoms with E-state index in [0.717, 1.165) is 5.56 Å². The highest BCUT2D eigenvalue weighted by Crippen LogP contribution is 2.09. The third-order valence-electron chi connectivity index (χ3n) is 2.35. The van der Waals surface area contributed by atoms with Crippen molar-refractivity contribution in [2.75, 3.05) is 0 Å². The lowest BCUT2D eigenvalue weighted by Crippen LogP contribution is -2.19. The van der Waals surface area contributed by atoms with Gasteiger partial charge in [-0.05, 0) is 12.0 Å². The molecule has 0 aliphatic heterocycles. The lowest BCUT2D eigenvalue weighted by atomic mass is 10.2. The highest BCUT2D eigenvalue weighted by Gasteiger charge is 2.16. The fourth-order valence-corrected chi connectivity index (χ4v) is 1.51. The number of rotatable bonds is 6. The first-order valence-electron chi connectivity index (χ1n) is 5.67. The van der Waals surface area contributed by atoms with E-state index in [1.54, 1.807) is 6.92 Å². The van der Waals surface area contributed by atoms with E-state index >= 15 is 0 Å². The molecular formula is C13H15ClO4. The minimum Gasteiger partial charge on any atom is -0.461 e. The third kappa shape index (κ3) is 5.68. The average molecular weight is 271 g/mol. The van der Waals surface area contributed by atoms with Gasteiger partial charge in [-0.2, -0.15) is 0 Å². The van der Waals surface area contributed by atoms with Crippen molar-refractivity contribution in [2.24, 2.45) is 0 Å². The second-order valence-corrected chi connectivity index (χ2v) is 4.04. The van der Waals surface area contributed by atoms with Gasteiger partial charge in [0.25, 0.3) is 0 Å². The van der Waals surface area contributed by atoms with Gasteiger partial charge in [-0.3, -0.25) is 4.79 Å². The molecular weight excluding hydrogens is 256 g/mol. The van der Waals surface area contributed by atoms with Gasteiger partial charge >= 0.3 is 11.4 Å². The molecule has 1 aromatic rings. The van der Waals surface area contributed by atoms with Crippen molar-refractivity contribution >= 4 is 23.0 Å². The van der Waals surface area contributed by atoms with Crippen molar-refractivity contribution in [1.29, 1.82) is 0 Å². The number of benzene rings is 1. The Kier molecular flexibility index (Phi) is 6.22. The van der Waals surface area contributed by atoms with Gasteiger partial charge in [-0.15, -0.1) is 0 Å². The van der Waals surface area contributed by atoms with Crippen LogP contribution in [0.25, 0.3) is 0 Å². The van der Waals surface area contributed by atoms with Gasteiger partial charge in [0.1, 0.15) is 12.7 Å². The monoisotopic (exact) mass is 270 g/mol. The predicted octanol–water partition coefficient (Wildman–Crippen LogP) is 3.27. The minimum atomic E-state index is -0.905. The number of carbonyl (C=O) groups excluding carboxylic acids is 2. The van der Waals surface area contributed by atoms with Crippen molar-refractivity contribution in [1.82, 2.24) is 0 Å². The van der Waals surface area contributed by atoms with E-state index in [4.69, 9.17) is 21.1 Å². The summed E-state index contributed by atoms with van der Waals surface area (Å²) >= 11 is 5.09. The molecule has 0 N–H and O–H groups in total. The van der Waals surface area contributed by atoms with E-state index in [9.17, 15) is 9.59 Å². The second kappa shape index (κ2) is 7.71. The Labute approximate surface area is 111 Å². The number of carbonyl (C=O) groups is 2. The summed E-state index contributed by atoms with van der Waals surface area (Å²) < 4.78 is 9.82. The second-order valence-electron chi connectivity index (χ2n) is 3.74. The van der Waals surface area contributed by atoms with E-state index in [1.165, 1.54) is 0 Å². The Balaban J connectivity index is 2.34. The highest BCUT2D eigenvalue weighted by atomic mass is 35.5. The zero-order valence-corrected chi connectivity index (χ0v) is 10.9. The zero-order valence-electron chi connectivity index (χ0n) is 10.1. The van der Waals surface area contributed by atoms with Crippen molar-refractivity contribution in [2.45, 2.75) is 32.5 Å². The van der Waals surface area contributed by atoms with Crippen LogP contribution in [0.5, 0.6) is 0 Å². The van der Waals surface area contributed by atoms with Crippen LogP contribution in [-0.2, 0) is 20.9 Å². The SMILES string of the molecule is CCC(CC(=O)OCc1ccccc1)OC(=O)Cl. The molecule has 0 aromatic heterocycles. The summed E-state index contributed by atoms with van der Waals surface area (Å²) in [6.07, 6.45) is -0.000914. The molecule has 1 rings (SSSR count). The molecule has 0 radical (unpaired) electrons. The number of hydrogen-bond acceptors (Lipinski definition) is 4. The lowest BCUT2D eigenvalue weighted by molar-refractivity contribution is -0.147. The molecule has 5 heteroatoms. The van der Waals surface area contributed by atoms with Gasteiger partial charge in [0.2, 0.25) is 0 Å². The molecule has 0 aliphatic carbocycles. The molecule has 98 valence electrons. The fraction of sp³-hybridized carbons (Fsp3) is 0.385. The zero-order chi connectivity index (χ0) is 13.4. The molecule has 0 bridgehead atoms. The van der Waals surface area contributed by atoms with E-state index < -0.39 is 17.5 Å². The molecule has 1 aromatic carbocycles. The van der Waals surface area contributed by atoms with E-state index in [-0.39, 0.29) is 13.0 Å². The highest BCUT2D eigenvalue weighted by molar-refractivity contribution is 6.61. The van der Waals surface area contributed by atoms with Crippen LogP contribution in [0.2, 0.25) is 0 Å². The van der Waals surface area contributed by atoms with Gasteiger partial charge in [-0.1, -0.05) is 37.3 Å². The molecule has 1 unspecified atom stereocenters. The molecule has 0 saturated carbocycles. The Morgan fingerprint density at radius 3 is 2.50 bits per heavy atom. The van der Waals surface area contributed by atoms with Crippen LogP contribution in [0.4, 0.5) is 4.79 Å². The quantitative estimate of drug-likeness (QED) is 0.588. The Hall–Kier alpha value is -1.55. The summed E-state index contributed by atoms with van der Waals surface area (Å²) in [5, 5.41) is 0. The first kappa shape index (κ1) is 14.5. The van der Waals surface area contributed by atoms with E-state index in [1.807, 2.05) is 30.3 Å². The summed E-state index contributed by atoms with van der Waals surface area (Å²) in [6.45, 7) is 2.01. The van der Waals surface area contributed by atoms with Crippen LogP contribution in [0, 0.1) is 0 Å². The number of hydrogen-bond donors (Lipinski definition) is 0. The van der Waals surface area contributed by atoms with Gasteiger partial charge in [0, 0.05) is 11.6 Å². The third-order valence-corrected chi connectivity index (χ3v) is 2.44. The first-order valence-corrected chi connectivity index (χ1v) is 6.05. The Bertz CT molecular complexity index is 391. The normalized spacial score (nSPS) is 11.7. The Morgan fingerprint density at radius 2 is 1.94 bits per heavy atom. The van der Waals surface area contributed by atoms with Gasteiger partial charge in [0.15, 0.2) is 0 Å². The number of ether oxygens (including phenoxy) is 2. The molecule has 18 heavy (non-hydrogen) atoms. The molecule has 0 heterocycles. The smallest absolute Gasteiger partial charge is 0.404 e. The molecule has 4 nitrogen and oxygen atoms in total. The molecule has 0 spiro atoms. The molecule has 1 atom stereocenters. The van der Waals surface area contributed by atoms with Crippen LogP contribution < -0.4 is 0 Å². The van der Waals surface area contributed by atoms with E-state index in [0.29, 0.717) is 6.42 Å². The standard InChI is InChI=1S/C13H15ClO4/c1-2-11(18-13(14)16)8-12(15)17-9-10-6-4-3-5-7-10/h3-7,11H,2,8-9H2,1H3. The number of esters is 1. The van der Waals surface area contributed by atoms with E-state index in [2.05, 4.69) is 0 Å². The van der Waals surface area contributed by atoms with Gasteiger partial charge < -0.3 is 9.47 Å². The minimum absolute atomic E-state index is 0.0157. The largest absolute Gasteiger partial charge is 0.461 e. The van der Waals surface area contributed by atoms with Crippen LogP contribution in [0.3, 0.4) is 0 Å². The Morgan fingerprint density at radius 1 is 1.28 bits per heavy atom. The van der Waals surface area contributed by atoms with Crippen molar-refractivity contribution in [3.63, 3.8) is 0 Å². The molecule has 0 amide bonds. The summed E-state index contributed by atoms with van der Waals surface area (Å²) in [6, 6.07) is 9.35. The van der Waals surface area contributed by atoms with Gasteiger partial charge in [-0.25, -0.2) is 4.79 Å². The number of halogens is 1. The fourth-order valence-electron chi connectivity index (χ4n) is 1.38. The van der Waals surface area contributed by atoms with Crippen LogP contribution in [0.1, 0.15) is 25.3 Å². The van der Waals surface area contributed by atoms with Crippen LogP contribution in [0.15, 0.2) is 30.3 Å². The van der Waals surface area contributed by atoms with Crippen molar-refractivity contribution in [3.05, 3.63) is 35.9 Å². The van der Waals surface area contributed by atoms with Crippen LogP contribution >= 0.6 is 11.6 Å². The van der Waals surface area contributed by atoms with Crippen molar-refractivity contribution < 1.29 is 19.1 Å². The maximum absolute atomic E-state index is 11.5. The molecule has 0 saturated heterocycles. The summed E-state index contributed by atoms with van der Waals surface area (Å²) in [5.74, 6) is -0.413. The van der Waals surface area contributed by atoms with Gasteiger partial charge in [0.05, 0.1) is 6.42 Å². The molecule has 0 aliphatic rings. The van der Waals surface area contributed by atoms with Crippen LogP contribution in [-0.4, -0.2) is 17.5 Å². The average Bonchev–Trinajstić information content (AvgIpc) is 2.36. The molecule has 0 fully saturated rings. The predicted molar refractivity (Wildman–Crippen MR) is 67.3 cm³/mol. The maximum atomic E-state index is 11.5. The maximum Gasteiger partial charge on any atom is 0.404 e. The summed E-state index contributed by atoms with van der Waals surface area (Å²) in [4.78, 5) is 22.1.